The van der Waals surface area contributed by atoms with Crippen LogP contribution in [0, 0.1) is 0 Å². The number of benzene rings is 2. The Morgan fingerprint density at radius 2 is 1.71 bits per heavy atom. The number of para-hydroxylation sites is 1. The van der Waals surface area contributed by atoms with Gasteiger partial charge >= 0.3 is 0 Å². The topological polar surface area (TPSA) is 29.9 Å². The van der Waals surface area contributed by atoms with Crippen molar-refractivity contribution in [3.8, 4) is 5.69 Å². The first-order valence-electron chi connectivity index (χ1n) is 8.56. The van der Waals surface area contributed by atoms with E-state index < -0.39 is 0 Å². The summed E-state index contributed by atoms with van der Waals surface area (Å²) in [5, 5.41) is 7.99. The highest BCUT2D eigenvalue weighted by Gasteiger charge is 2.11. The lowest BCUT2D eigenvalue weighted by Gasteiger charge is -2.18. The molecule has 0 aliphatic heterocycles. The lowest BCUT2D eigenvalue weighted by Crippen LogP contribution is -2.19. The van der Waals surface area contributed by atoms with Gasteiger partial charge in [-0.15, -0.1) is 0 Å². The smallest absolute Gasteiger partial charge is 0.0693 e. The molecule has 124 valence electrons. The van der Waals surface area contributed by atoms with Gasteiger partial charge in [-0.3, -0.25) is 0 Å². The largest absolute Gasteiger partial charge is 0.306 e. The lowest BCUT2D eigenvalue weighted by molar-refractivity contribution is 0.570. The highest BCUT2D eigenvalue weighted by molar-refractivity contribution is 5.42. The van der Waals surface area contributed by atoms with Crippen molar-refractivity contribution in [3.63, 3.8) is 0 Å². The standard InChI is InChI=1S/C21H25N3/c1-16(2)19-11-9-18(10-12-19)15-22-17(3)20-7-4-5-8-21(20)24-14-6-13-23-24/h4-14,16-17,22H,15H2,1-3H3/t17-/m1/s1. The maximum Gasteiger partial charge on any atom is 0.0693 e. The average Bonchev–Trinajstić information content (AvgIpc) is 3.14. The minimum absolute atomic E-state index is 0.246. The van der Waals surface area contributed by atoms with E-state index in [1.165, 1.54) is 16.7 Å². The summed E-state index contributed by atoms with van der Waals surface area (Å²) in [6, 6.07) is 19.5. The Morgan fingerprint density at radius 1 is 0.958 bits per heavy atom. The molecule has 0 unspecified atom stereocenters. The molecule has 24 heavy (non-hydrogen) atoms. The van der Waals surface area contributed by atoms with E-state index in [-0.39, 0.29) is 6.04 Å². The van der Waals surface area contributed by atoms with Crippen molar-refractivity contribution in [1.29, 1.82) is 0 Å². The summed E-state index contributed by atoms with van der Waals surface area (Å²) in [7, 11) is 0. The van der Waals surface area contributed by atoms with E-state index in [0.29, 0.717) is 5.92 Å². The molecular formula is C21H25N3. The number of aromatic nitrogens is 2. The van der Waals surface area contributed by atoms with E-state index in [9.17, 15) is 0 Å². The summed E-state index contributed by atoms with van der Waals surface area (Å²) in [5.41, 5.74) is 5.07. The van der Waals surface area contributed by atoms with Crippen LogP contribution >= 0.6 is 0 Å². The van der Waals surface area contributed by atoms with Crippen LogP contribution < -0.4 is 5.32 Å². The second-order valence-corrected chi connectivity index (χ2v) is 6.51. The Hall–Kier alpha value is -2.39. The van der Waals surface area contributed by atoms with E-state index >= 15 is 0 Å². The quantitative estimate of drug-likeness (QED) is 0.704. The first-order chi connectivity index (χ1) is 11.6. The van der Waals surface area contributed by atoms with Gasteiger partial charge in [-0.05, 0) is 41.7 Å². The predicted octanol–water partition coefficient (Wildman–Crippen LogP) is 4.85. The van der Waals surface area contributed by atoms with Crippen molar-refractivity contribution < 1.29 is 0 Å². The van der Waals surface area contributed by atoms with Crippen LogP contribution in [0.2, 0.25) is 0 Å². The van der Waals surface area contributed by atoms with Gasteiger partial charge in [0.1, 0.15) is 0 Å². The van der Waals surface area contributed by atoms with Crippen molar-refractivity contribution >= 4 is 0 Å². The zero-order valence-corrected chi connectivity index (χ0v) is 14.6. The van der Waals surface area contributed by atoms with Crippen molar-refractivity contribution in [1.82, 2.24) is 15.1 Å². The van der Waals surface area contributed by atoms with Crippen LogP contribution in [0.1, 0.15) is 49.4 Å². The zero-order valence-electron chi connectivity index (χ0n) is 14.6. The molecule has 3 nitrogen and oxygen atoms in total. The van der Waals surface area contributed by atoms with Gasteiger partial charge in [-0.1, -0.05) is 56.3 Å². The molecule has 1 atom stereocenters. The van der Waals surface area contributed by atoms with Gasteiger partial charge in [0.05, 0.1) is 5.69 Å². The van der Waals surface area contributed by atoms with Crippen LogP contribution in [0.25, 0.3) is 5.69 Å². The molecule has 1 aromatic heterocycles. The number of hydrogen-bond donors (Lipinski definition) is 1. The van der Waals surface area contributed by atoms with Crippen LogP contribution in [0.15, 0.2) is 67.0 Å². The van der Waals surface area contributed by atoms with Gasteiger partial charge in [0.2, 0.25) is 0 Å². The van der Waals surface area contributed by atoms with Gasteiger partial charge in [-0.25, -0.2) is 4.68 Å². The summed E-state index contributed by atoms with van der Waals surface area (Å²) in [5.74, 6) is 0.576. The molecule has 0 radical (unpaired) electrons. The highest BCUT2D eigenvalue weighted by atomic mass is 15.3. The average molecular weight is 319 g/mol. The minimum Gasteiger partial charge on any atom is -0.306 e. The fourth-order valence-corrected chi connectivity index (χ4v) is 2.87. The van der Waals surface area contributed by atoms with Crippen LogP contribution in [0.5, 0.6) is 0 Å². The number of rotatable bonds is 6. The van der Waals surface area contributed by atoms with Crippen LogP contribution in [0.3, 0.4) is 0 Å². The maximum atomic E-state index is 4.36. The molecule has 0 aliphatic rings. The van der Waals surface area contributed by atoms with E-state index in [1.54, 1.807) is 0 Å². The molecule has 0 aliphatic carbocycles. The third-order valence-corrected chi connectivity index (χ3v) is 4.41. The monoisotopic (exact) mass is 319 g/mol. The third kappa shape index (κ3) is 3.74. The SMILES string of the molecule is CC(C)c1ccc(CN[C@H](C)c2ccccc2-n2cccn2)cc1. The normalized spacial score (nSPS) is 12.5. The Balaban J connectivity index is 1.70. The van der Waals surface area contributed by atoms with E-state index in [4.69, 9.17) is 0 Å². The molecule has 0 fully saturated rings. The summed E-state index contributed by atoms with van der Waals surface area (Å²) < 4.78 is 1.92. The van der Waals surface area contributed by atoms with Crippen LogP contribution in [-0.4, -0.2) is 9.78 Å². The molecule has 0 spiro atoms. The first-order valence-corrected chi connectivity index (χ1v) is 8.56. The van der Waals surface area contributed by atoms with Crippen molar-refractivity contribution in [2.45, 2.75) is 39.3 Å². The van der Waals surface area contributed by atoms with E-state index in [0.717, 1.165) is 12.2 Å². The molecule has 3 rings (SSSR count). The molecule has 0 saturated heterocycles. The Labute approximate surface area is 144 Å². The number of hydrogen-bond acceptors (Lipinski definition) is 2. The molecule has 0 bridgehead atoms. The number of nitrogens with zero attached hydrogens (tertiary/aromatic N) is 2. The van der Waals surface area contributed by atoms with Crippen molar-refractivity contribution in [3.05, 3.63) is 83.7 Å². The summed E-state index contributed by atoms with van der Waals surface area (Å²) in [4.78, 5) is 0. The van der Waals surface area contributed by atoms with Gasteiger partial charge < -0.3 is 5.32 Å². The molecular weight excluding hydrogens is 294 g/mol. The highest BCUT2D eigenvalue weighted by Crippen LogP contribution is 2.21. The fraction of sp³-hybridized carbons (Fsp3) is 0.286. The molecule has 0 saturated carbocycles. The van der Waals surface area contributed by atoms with Crippen molar-refractivity contribution in [2.24, 2.45) is 0 Å². The Morgan fingerprint density at radius 3 is 2.38 bits per heavy atom. The Bertz CT molecular complexity index is 758. The van der Waals surface area contributed by atoms with Crippen LogP contribution in [-0.2, 0) is 6.54 Å². The van der Waals surface area contributed by atoms with E-state index in [1.807, 2.05) is 23.1 Å². The molecule has 3 aromatic rings. The van der Waals surface area contributed by atoms with Gasteiger partial charge in [0, 0.05) is 25.0 Å². The fourth-order valence-electron chi connectivity index (χ4n) is 2.87. The maximum absolute atomic E-state index is 4.36. The van der Waals surface area contributed by atoms with Crippen LogP contribution in [0.4, 0.5) is 0 Å². The van der Waals surface area contributed by atoms with Crippen molar-refractivity contribution in [2.75, 3.05) is 0 Å². The second kappa shape index (κ2) is 7.45. The van der Waals surface area contributed by atoms with E-state index in [2.05, 4.69) is 79.7 Å². The third-order valence-electron chi connectivity index (χ3n) is 4.41. The summed E-state index contributed by atoms with van der Waals surface area (Å²) in [6.45, 7) is 7.50. The lowest BCUT2D eigenvalue weighted by atomic mass is 10.0. The predicted molar refractivity (Wildman–Crippen MR) is 99.3 cm³/mol. The second-order valence-electron chi connectivity index (χ2n) is 6.51. The number of nitrogens with one attached hydrogen (secondary N) is 1. The van der Waals surface area contributed by atoms with Gasteiger partial charge in [-0.2, -0.15) is 5.10 Å². The summed E-state index contributed by atoms with van der Waals surface area (Å²) >= 11 is 0. The zero-order chi connectivity index (χ0) is 16.9. The molecule has 1 N–H and O–H groups in total. The molecule has 2 aromatic carbocycles. The van der Waals surface area contributed by atoms with Gasteiger partial charge in [0.15, 0.2) is 0 Å². The first kappa shape index (κ1) is 16.5. The Kier molecular flexibility index (Phi) is 5.11. The molecule has 3 heteroatoms. The minimum atomic E-state index is 0.246. The summed E-state index contributed by atoms with van der Waals surface area (Å²) in [6.07, 6.45) is 3.79. The molecule has 0 amide bonds. The van der Waals surface area contributed by atoms with Gasteiger partial charge in [0.25, 0.3) is 0 Å². The molecule has 1 heterocycles.